The van der Waals surface area contributed by atoms with E-state index in [1.807, 2.05) is 0 Å². The van der Waals surface area contributed by atoms with Crippen molar-refractivity contribution in [2.45, 2.75) is 12.2 Å². The van der Waals surface area contributed by atoms with Crippen molar-refractivity contribution in [3.05, 3.63) is 42.2 Å². The van der Waals surface area contributed by atoms with E-state index < -0.39 is 41.7 Å². The minimum atomic E-state index is -1.05. The highest BCUT2D eigenvalue weighted by atomic mass is 19.1. The van der Waals surface area contributed by atoms with Crippen LogP contribution in [-0.4, -0.2) is 29.2 Å². The van der Waals surface area contributed by atoms with E-state index in [4.69, 9.17) is 4.74 Å². The SMILES string of the molecule is O=C(O)[C@@H]1[C@H](C(=O)Nc2ccc(F)cc2)[C@@H]2C=C[C@@H]1O2. The summed E-state index contributed by atoms with van der Waals surface area (Å²) in [6.07, 6.45) is 2.31. The molecule has 2 bridgehead atoms. The maximum Gasteiger partial charge on any atom is 0.310 e. The molecule has 2 heterocycles. The molecule has 2 N–H and O–H groups in total. The predicted molar refractivity (Wildman–Crippen MR) is 67.4 cm³/mol. The summed E-state index contributed by atoms with van der Waals surface area (Å²) < 4.78 is 18.2. The molecule has 5 nitrogen and oxygen atoms in total. The van der Waals surface area contributed by atoms with Crippen molar-refractivity contribution < 1.29 is 23.8 Å². The highest BCUT2D eigenvalue weighted by Gasteiger charge is 2.53. The molecule has 1 fully saturated rings. The van der Waals surface area contributed by atoms with Crippen LogP contribution in [0.4, 0.5) is 10.1 Å². The van der Waals surface area contributed by atoms with Crippen molar-refractivity contribution in [1.29, 1.82) is 0 Å². The topological polar surface area (TPSA) is 75.6 Å². The molecule has 4 atom stereocenters. The molecule has 0 spiro atoms. The Morgan fingerprint density at radius 3 is 2.30 bits per heavy atom. The number of carboxylic acid groups (broad SMARTS) is 1. The Labute approximate surface area is 114 Å². The van der Waals surface area contributed by atoms with Gasteiger partial charge in [0, 0.05) is 5.69 Å². The molecule has 6 heteroatoms. The third-order valence-electron chi connectivity index (χ3n) is 3.60. The number of carbonyl (C=O) groups is 2. The van der Waals surface area contributed by atoms with E-state index in [9.17, 15) is 19.1 Å². The van der Waals surface area contributed by atoms with Crippen LogP contribution >= 0.6 is 0 Å². The summed E-state index contributed by atoms with van der Waals surface area (Å²) in [5.74, 6) is -3.54. The fourth-order valence-corrected chi connectivity index (χ4v) is 2.67. The number of carbonyl (C=O) groups excluding carboxylic acids is 1. The zero-order chi connectivity index (χ0) is 14.3. The Hall–Kier alpha value is -2.21. The van der Waals surface area contributed by atoms with E-state index in [2.05, 4.69) is 5.32 Å². The molecular formula is C14H12FNO4. The van der Waals surface area contributed by atoms with Gasteiger partial charge in [0.2, 0.25) is 5.91 Å². The molecule has 104 valence electrons. The van der Waals surface area contributed by atoms with E-state index in [0.29, 0.717) is 5.69 Å². The second kappa shape index (κ2) is 4.72. The largest absolute Gasteiger partial charge is 0.481 e. The number of hydrogen-bond donors (Lipinski definition) is 2. The fourth-order valence-electron chi connectivity index (χ4n) is 2.67. The van der Waals surface area contributed by atoms with E-state index in [0.717, 1.165) is 0 Å². The minimum Gasteiger partial charge on any atom is -0.481 e. The van der Waals surface area contributed by atoms with Crippen LogP contribution in [0.25, 0.3) is 0 Å². The lowest BCUT2D eigenvalue weighted by molar-refractivity contribution is -0.145. The highest BCUT2D eigenvalue weighted by Crippen LogP contribution is 2.39. The number of anilines is 1. The van der Waals surface area contributed by atoms with Gasteiger partial charge < -0.3 is 15.2 Å². The van der Waals surface area contributed by atoms with Crippen LogP contribution in [0.3, 0.4) is 0 Å². The number of amides is 1. The van der Waals surface area contributed by atoms with Crippen LogP contribution < -0.4 is 5.32 Å². The second-order valence-corrected chi connectivity index (χ2v) is 4.84. The van der Waals surface area contributed by atoms with Crippen molar-refractivity contribution in [3.63, 3.8) is 0 Å². The van der Waals surface area contributed by atoms with Gasteiger partial charge in [-0.05, 0) is 24.3 Å². The first-order valence-electron chi connectivity index (χ1n) is 6.19. The van der Waals surface area contributed by atoms with E-state index >= 15 is 0 Å². The van der Waals surface area contributed by atoms with Gasteiger partial charge in [-0.15, -0.1) is 0 Å². The number of hydrogen-bond acceptors (Lipinski definition) is 3. The van der Waals surface area contributed by atoms with Crippen molar-refractivity contribution in [3.8, 4) is 0 Å². The zero-order valence-corrected chi connectivity index (χ0v) is 10.3. The first kappa shape index (κ1) is 12.8. The Morgan fingerprint density at radius 1 is 1.10 bits per heavy atom. The molecule has 2 aliphatic heterocycles. The number of nitrogens with one attached hydrogen (secondary N) is 1. The van der Waals surface area contributed by atoms with Gasteiger partial charge in [-0.2, -0.15) is 0 Å². The van der Waals surface area contributed by atoms with Crippen LogP contribution in [0.5, 0.6) is 0 Å². The monoisotopic (exact) mass is 277 g/mol. The van der Waals surface area contributed by atoms with E-state index in [1.54, 1.807) is 12.2 Å². The number of ether oxygens (including phenoxy) is 1. The van der Waals surface area contributed by atoms with Gasteiger partial charge in [0.05, 0.1) is 18.1 Å². The molecule has 0 radical (unpaired) electrons. The Balaban J connectivity index is 1.78. The number of benzene rings is 1. The lowest BCUT2D eigenvalue weighted by Gasteiger charge is -2.20. The van der Waals surface area contributed by atoms with Gasteiger partial charge in [-0.3, -0.25) is 9.59 Å². The number of carboxylic acids is 1. The summed E-state index contributed by atoms with van der Waals surface area (Å²) in [6.45, 7) is 0. The normalized spacial score (nSPS) is 30.4. The van der Waals surface area contributed by atoms with Gasteiger partial charge in [-0.1, -0.05) is 12.2 Å². The number of halogens is 1. The van der Waals surface area contributed by atoms with Crippen LogP contribution in [0.15, 0.2) is 36.4 Å². The van der Waals surface area contributed by atoms with Crippen molar-refractivity contribution >= 4 is 17.6 Å². The molecule has 0 saturated carbocycles. The molecule has 20 heavy (non-hydrogen) atoms. The first-order valence-corrected chi connectivity index (χ1v) is 6.19. The molecule has 3 rings (SSSR count). The number of aliphatic carboxylic acids is 1. The van der Waals surface area contributed by atoms with Crippen molar-refractivity contribution in [1.82, 2.24) is 0 Å². The molecule has 0 aliphatic carbocycles. The summed E-state index contributed by atoms with van der Waals surface area (Å²) in [6, 6.07) is 5.29. The molecule has 1 saturated heterocycles. The number of rotatable bonds is 3. The predicted octanol–water partition coefficient (Wildman–Crippen LogP) is 1.42. The van der Waals surface area contributed by atoms with E-state index in [-0.39, 0.29) is 0 Å². The van der Waals surface area contributed by atoms with Crippen LogP contribution in [-0.2, 0) is 14.3 Å². The molecule has 2 aliphatic rings. The smallest absolute Gasteiger partial charge is 0.310 e. The Bertz CT molecular complexity index is 583. The third kappa shape index (κ3) is 2.08. The van der Waals surface area contributed by atoms with Crippen LogP contribution in [0.1, 0.15) is 0 Å². The second-order valence-electron chi connectivity index (χ2n) is 4.84. The molecule has 1 aromatic carbocycles. The van der Waals surface area contributed by atoms with Crippen LogP contribution in [0, 0.1) is 17.7 Å². The van der Waals surface area contributed by atoms with Gasteiger partial charge in [0.25, 0.3) is 0 Å². The van der Waals surface area contributed by atoms with Gasteiger partial charge in [0.15, 0.2) is 0 Å². The summed E-state index contributed by atoms with van der Waals surface area (Å²) in [7, 11) is 0. The highest BCUT2D eigenvalue weighted by molar-refractivity contribution is 5.96. The summed E-state index contributed by atoms with van der Waals surface area (Å²) >= 11 is 0. The average molecular weight is 277 g/mol. The summed E-state index contributed by atoms with van der Waals surface area (Å²) in [5, 5.41) is 11.8. The first-order chi connectivity index (χ1) is 9.56. The lowest BCUT2D eigenvalue weighted by atomic mass is 9.82. The molecule has 0 unspecified atom stereocenters. The quantitative estimate of drug-likeness (QED) is 0.819. The summed E-state index contributed by atoms with van der Waals surface area (Å²) in [5.41, 5.74) is 0.423. The standard InChI is InChI=1S/C14H12FNO4/c15-7-1-3-8(4-2-7)16-13(17)11-9-5-6-10(20-9)12(11)14(18)19/h1-6,9-12H,(H,16,17)(H,18,19)/t9-,10-,11+,12-/m0/s1. The van der Waals surface area contributed by atoms with Crippen molar-refractivity contribution in [2.75, 3.05) is 5.32 Å². The van der Waals surface area contributed by atoms with Gasteiger partial charge in [-0.25, -0.2) is 4.39 Å². The molecule has 1 aromatic rings. The Morgan fingerprint density at radius 2 is 1.70 bits per heavy atom. The average Bonchev–Trinajstić information content (AvgIpc) is 3.01. The number of fused-ring (bicyclic) bond motifs is 2. The van der Waals surface area contributed by atoms with Gasteiger partial charge >= 0.3 is 5.97 Å². The molecule has 1 amide bonds. The van der Waals surface area contributed by atoms with Crippen molar-refractivity contribution in [2.24, 2.45) is 11.8 Å². The fraction of sp³-hybridized carbons (Fsp3) is 0.286. The Kier molecular flexibility index (Phi) is 3.02. The maximum atomic E-state index is 12.8. The minimum absolute atomic E-state index is 0.405. The lowest BCUT2D eigenvalue weighted by Crippen LogP contribution is -2.39. The van der Waals surface area contributed by atoms with Crippen LogP contribution in [0.2, 0.25) is 0 Å². The third-order valence-corrected chi connectivity index (χ3v) is 3.60. The van der Waals surface area contributed by atoms with Gasteiger partial charge in [0.1, 0.15) is 11.7 Å². The molecular weight excluding hydrogens is 265 g/mol. The molecule has 0 aromatic heterocycles. The summed E-state index contributed by atoms with van der Waals surface area (Å²) in [4.78, 5) is 23.5. The zero-order valence-electron chi connectivity index (χ0n) is 10.3. The van der Waals surface area contributed by atoms with E-state index in [1.165, 1.54) is 24.3 Å². The maximum absolute atomic E-state index is 12.8.